The molecule has 6 nitrogen and oxygen atoms in total. The van der Waals surface area contributed by atoms with Crippen LogP contribution < -0.4 is 14.2 Å². The van der Waals surface area contributed by atoms with Crippen molar-refractivity contribution in [2.24, 2.45) is 0 Å². The quantitative estimate of drug-likeness (QED) is 0.374. The molecule has 168 valence electrons. The molecule has 2 heterocycles. The van der Waals surface area contributed by atoms with Gasteiger partial charge in [-0.1, -0.05) is 28.8 Å². The number of aromatic nitrogens is 3. The second-order valence-electron chi connectivity index (χ2n) is 7.46. The van der Waals surface area contributed by atoms with E-state index in [1.54, 1.807) is 22.8 Å². The van der Waals surface area contributed by atoms with Crippen molar-refractivity contribution in [3.8, 4) is 23.2 Å². The molecule has 1 aliphatic rings. The Hall–Kier alpha value is -3.65. The van der Waals surface area contributed by atoms with E-state index in [0.29, 0.717) is 29.4 Å². The summed E-state index contributed by atoms with van der Waals surface area (Å²) in [6.07, 6.45) is 0.0440. The van der Waals surface area contributed by atoms with Crippen LogP contribution in [0.5, 0.6) is 17.5 Å². The van der Waals surface area contributed by atoms with Gasteiger partial charge in [-0.05, 0) is 54.1 Å². The Morgan fingerprint density at radius 2 is 1.79 bits per heavy atom. The Bertz CT molecular complexity index is 1290. The average Bonchev–Trinajstić information content (AvgIpc) is 3.36. The fraction of sp³-hybridized carbons (Fsp3) is 0.167. The predicted molar refractivity (Wildman–Crippen MR) is 117 cm³/mol. The Morgan fingerprint density at radius 3 is 2.58 bits per heavy atom. The van der Waals surface area contributed by atoms with Crippen molar-refractivity contribution in [3.63, 3.8) is 0 Å². The van der Waals surface area contributed by atoms with Crippen molar-refractivity contribution in [2.75, 3.05) is 0 Å². The van der Waals surface area contributed by atoms with E-state index < -0.39 is 5.82 Å². The zero-order valence-electron chi connectivity index (χ0n) is 17.5. The lowest BCUT2D eigenvalue weighted by Gasteiger charge is -2.12. The van der Waals surface area contributed by atoms with Gasteiger partial charge in [-0.15, -0.1) is 5.10 Å². The van der Waals surface area contributed by atoms with E-state index in [0.717, 1.165) is 5.56 Å². The SMILES string of the molecule is CC1Oc2ccc(Cc3nnc(OCc4c(F)cccc4Cl)n3-c3ccc(F)cc3)cc2O1. The number of fused-ring (bicyclic) bond motifs is 1. The van der Waals surface area contributed by atoms with Crippen LogP contribution in [0.2, 0.25) is 5.02 Å². The minimum Gasteiger partial charge on any atom is -0.458 e. The smallest absolute Gasteiger partial charge is 0.322 e. The van der Waals surface area contributed by atoms with Gasteiger partial charge in [0.25, 0.3) is 0 Å². The zero-order valence-corrected chi connectivity index (χ0v) is 18.2. The molecule has 0 N–H and O–H groups in total. The summed E-state index contributed by atoms with van der Waals surface area (Å²) in [5.41, 5.74) is 1.71. The van der Waals surface area contributed by atoms with E-state index in [-0.39, 0.29) is 35.3 Å². The molecule has 4 aromatic rings. The van der Waals surface area contributed by atoms with Crippen LogP contribution in [-0.2, 0) is 13.0 Å². The summed E-state index contributed by atoms with van der Waals surface area (Å²) in [6, 6.07) is 16.0. The molecule has 1 unspecified atom stereocenters. The van der Waals surface area contributed by atoms with Gasteiger partial charge in [0, 0.05) is 18.9 Å². The Kier molecular flexibility index (Phi) is 5.60. The van der Waals surface area contributed by atoms with E-state index in [9.17, 15) is 8.78 Å². The molecular weight excluding hydrogens is 452 g/mol. The normalized spacial score (nSPS) is 14.5. The lowest BCUT2D eigenvalue weighted by molar-refractivity contribution is 0.0678. The molecule has 0 fully saturated rings. The monoisotopic (exact) mass is 469 g/mol. The second-order valence-corrected chi connectivity index (χ2v) is 7.87. The van der Waals surface area contributed by atoms with Crippen LogP contribution in [0.3, 0.4) is 0 Å². The Morgan fingerprint density at radius 1 is 1.00 bits per heavy atom. The fourth-order valence-electron chi connectivity index (χ4n) is 3.58. The molecule has 3 aromatic carbocycles. The van der Waals surface area contributed by atoms with Crippen LogP contribution in [0.15, 0.2) is 60.7 Å². The molecular formula is C24H18ClF2N3O3. The Labute approximate surface area is 193 Å². The van der Waals surface area contributed by atoms with Crippen LogP contribution in [0.4, 0.5) is 8.78 Å². The average molecular weight is 470 g/mol. The number of benzene rings is 3. The zero-order chi connectivity index (χ0) is 22.9. The second kappa shape index (κ2) is 8.71. The summed E-state index contributed by atoms with van der Waals surface area (Å²) in [5.74, 6) is 1.02. The van der Waals surface area contributed by atoms with Crippen LogP contribution in [0.25, 0.3) is 5.69 Å². The largest absolute Gasteiger partial charge is 0.458 e. The van der Waals surface area contributed by atoms with Gasteiger partial charge in [-0.2, -0.15) is 0 Å². The number of ether oxygens (including phenoxy) is 3. The van der Waals surface area contributed by atoms with Crippen molar-refractivity contribution >= 4 is 11.6 Å². The first-order valence-electron chi connectivity index (χ1n) is 10.2. The van der Waals surface area contributed by atoms with E-state index >= 15 is 0 Å². The van der Waals surface area contributed by atoms with E-state index in [2.05, 4.69) is 10.2 Å². The van der Waals surface area contributed by atoms with Gasteiger partial charge in [0.2, 0.25) is 6.29 Å². The minimum absolute atomic E-state index is 0.130. The van der Waals surface area contributed by atoms with Gasteiger partial charge in [-0.3, -0.25) is 0 Å². The molecule has 1 aromatic heterocycles. The first kappa shape index (κ1) is 21.2. The molecule has 9 heteroatoms. The topological polar surface area (TPSA) is 58.4 Å². The minimum atomic E-state index is -0.481. The van der Waals surface area contributed by atoms with Crippen molar-refractivity contribution < 1.29 is 23.0 Å². The maximum atomic E-state index is 14.2. The lowest BCUT2D eigenvalue weighted by Crippen LogP contribution is -2.11. The summed E-state index contributed by atoms with van der Waals surface area (Å²) in [4.78, 5) is 0. The van der Waals surface area contributed by atoms with Crippen molar-refractivity contribution in [1.29, 1.82) is 0 Å². The molecule has 1 aliphatic heterocycles. The summed E-state index contributed by atoms with van der Waals surface area (Å²) in [5, 5.41) is 8.66. The van der Waals surface area contributed by atoms with Gasteiger partial charge in [0.05, 0.1) is 10.7 Å². The highest BCUT2D eigenvalue weighted by Gasteiger charge is 2.22. The molecule has 0 saturated carbocycles. The fourth-order valence-corrected chi connectivity index (χ4v) is 3.80. The number of hydrogen-bond donors (Lipinski definition) is 0. The summed E-state index contributed by atoms with van der Waals surface area (Å²) in [7, 11) is 0. The first-order chi connectivity index (χ1) is 16.0. The third-order valence-corrected chi connectivity index (χ3v) is 5.50. The van der Waals surface area contributed by atoms with E-state index in [1.807, 2.05) is 25.1 Å². The molecule has 0 saturated heterocycles. The number of rotatable bonds is 6. The van der Waals surface area contributed by atoms with Crippen molar-refractivity contribution in [1.82, 2.24) is 14.8 Å². The molecule has 0 bridgehead atoms. The highest BCUT2D eigenvalue weighted by atomic mass is 35.5. The highest BCUT2D eigenvalue weighted by Crippen LogP contribution is 2.36. The summed E-state index contributed by atoms with van der Waals surface area (Å²) < 4.78 is 46.4. The lowest BCUT2D eigenvalue weighted by atomic mass is 10.1. The molecule has 5 rings (SSSR count). The highest BCUT2D eigenvalue weighted by molar-refractivity contribution is 6.31. The molecule has 0 radical (unpaired) electrons. The van der Waals surface area contributed by atoms with Gasteiger partial charge in [0.15, 0.2) is 11.5 Å². The molecule has 0 spiro atoms. The van der Waals surface area contributed by atoms with Gasteiger partial charge >= 0.3 is 6.01 Å². The maximum Gasteiger partial charge on any atom is 0.322 e. The molecule has 0 aliphatic carbocycles. The first-order valence-corrected chi connectivity index (χ1v) is 10.6. The maximum absolute atomic E-state index is 14.2. The van der Waals surface area contributed by atoms with Crippen LogP contribution >= 0.6 is 11.6 Å². The predicted octanol–water partition coefficient (Wildman–Crippen LogP) is 5.49. The molecule has 1 atom stereocenters. The number of nitrogens with zero attached hydrogens (tertiary/aromatic N) is 3. The van der Waals surface area contributed by atoms with Crippen molar-refractivity contribution in [3.05, 3.63) is 94.3 Å². The van der Waals surface area contributed by atoms with Crippen LogP contribution in [-0.4, -0.2) is 21.1 Å². The molecule has 0 amide bonds. The summed E-state index contributed by atoms with van der Waals surface area (Å²) >= 11 is 6.11. The van der Waals surface area contributed by atoms with Gasteiger partial charge < -0.3 is 14.2 Å². The standard InChI is InChI=1S/C24H18ClF2N3O3/c1-14-32-21-10-5-15(11-22(21)33-14)12-23-28-29-24(30(23)17-8-6-16(26)7-9-17)31-13-18-19(25)3-2-4-20(18)27/h2-11,14H,12-13H2,1H3. The van der Waals surface area contributed by atoms with E-state index in [1.165, 1.54) is 24.3 Å². The van der Waals surface area contributed by atoms with Crippen molar-refractivity contribution in [2.45, 2.75) is 26.2 Å². The number of halogens is 3. The third-order valence-electron chi connectivity index (χ3n) is 5.15. The molecule has 33 heavy (non-hydrogen) atoms. The summed E-state index contributed by atoms with van der Waals surface area (Å²) in [6.45, 7) is 1.67. The van der Waals surface area contributed by atoms with Gasteiger partial charge in [0.1, 0.15) is 24.1 Å². The Balaban J connectivity index is 1.47. The van der Waals surface area contributed by atoms with Crippen LogP contribution in [0.1, 0.15) is 23.9 Å². The third kappa shape index (κ3) is 4.34. The number of hydrogen-bond acceptors (Lipinski definition) is 5. The van der Waals surface area contributed by atoms with Crippen LogP contribution in [0, 0.1) is 11.6 Å². The van der Waals surface area contributed by atoms with Gasteiger partial charge in [-0.25, -0.2) is 13.3 Å². The van der Waals surface area contributed by atoms with E-state index in [4.69, 9.17) is 25.8 Å².